The Bertz CT molecular complexity index is 790. The van der Waals surface area contributed by atoms with Gasteiger partial charge >= 0.3 is 0 Å². The number of anilines is 1. The molecule has 2 aromatic heterocycles. The van der Waals surface area contributed by atoms with E-state index in [2.05, 4.69) is 4.98 Å². The average Bonchev–Trinajstić information content (AvgIpc) is 3.00. The summed E-state index contributed by atoms with van der Waals surface area (Å²) in [4.78, 5) is 33.2. The number of piperidine rings is 1. The molecule has 3 rings (SSSR count). The molecule has 0 radical (unpaired) electrons. The van der Waals surface area contributed by atoms with E-state index in [1.165, 1.54) is 6.42 Å². The lowest BCUT2D eigenvalue weighted by Crippen LogP contribution is -2.35. The van der Waals surface area contributed by atoms with E-state index in [0.717, 1.165) is 49.5 Å². The fraction of sp³-hybridized carbons (Fsp3) is 0.526. The summed E-state index contributed by atoms with van der Waals surface area (Å²) in [7, 11) is 0. The maximum atomic E-state index is 12.8. The third-order valence-corrected chi connectivity index (χ3v) is 4.84. The van der Waals surface area contributed by atoms with Crippen LogP contribution in [0.2, 0.25) is 0 Å². The van der Waals surface area contributed by atoms with Crippen LogP contribution in [0.4, 0.5) is 5.82 Å². The SMILES string of the molecule is CCc1nc2ccc(C(=O)N3CCCCC3)cn2c1N(CC)C(C)=O. The Morgan fingerprint density at radius 1 is 1.16 bits per heavy atom. The molecule has 0 bridgehead atoms. The molecule has 25 heavy (non-hydrogen) atoms. The van der Waals surface area contributed by atoms with Crippen LogP contribution < -0.4 is 4.90 Å². The van der Waals surface area contributed by atoms with Gasteiger partial charge in [0.05, 0.1) is 11.3 Å². The number of hydrogen-bond donors (Lipinski definition) is 0. The van der Waals surface area contributed by atoms with E-state index in [-0.39, 0.29) is 11.8 Å². The Labute approximate surface area is 148 Å². The van der Waals surface area contributed by atoms with Gasteiger partial charge in [0.1, 0.15) is 11.5 Å². The Kier molecular flexibility index (Phi) is 5.06. The van der Waals surface area contributed by atoms with Gasteiger partial charge in [-0.2, -0.15) is 0 Å². The number of carbonyl (C=O) groups is 2. The standard InChI is InChI=1S/C19H26N4O2/c1-4-16-18(22(5-2)14(3)24)23-13-15(9-10-17(23)20-16)19(25)21-11-7-6-8-12-21/h9-10,13H,4-8,11-12H2,1-3H3. The summed E-state index contributed by atoms with van der Waals surface area (Å²) in [5.41, 5.74) is 2.29. The summed E-state index contributed by atoms with van der Waals surface area (Å²) in [5.74, 6) is 0.817. The lowest BCUT2D eigenvalue weighted by molar-refractivity contribution is -0.116. The van der Waals surface area contributed by atoms with Gasteiger partial charge in [0.2, 0.25) is 5.91 Å². The topological polar surface area (TPSA) is 57.9 Å². The van der Waals surface area contributed by atoms with Crippen LogP contribution in [0.15, 0.2) is 18.3 Å². The molecule has 2 amide bonds. The number of hydrogen-bond acceptors (Lipinski definition) is 3. The number of fused-ring (bicyclic) bond motifs is 1. The molecular formula is C19H26N4O2. The minimum Gasteiger partial charge on any atom is -0.339 e. The number of nitrogens with zero attached hydrogens (tertiary/aromatic N) is 4. The minimum absolute atomic E-state index is 0.0215. The van der Waals surface area contributed by atoms with Crippen molar-refractivity contribution in [3.8, 4) is 0 Å². The van der Waals surface area contributed by atoms with Crippen LogP contribution in [-0.4, -0.2) is 45.7 Å². The van der Waals surface area contributed by atoms with E-state index < -0.39 is 0 Å². The Morgan fingerprint density at radius 2 is 1.88 bits per heavy atom. The van der Waals surface area contributed by atoms with Crippen molar-refractivity contribution in [1.29, 1.82) is 0 Å². The van der Waals surface area contributed by atoms with Crippen LogP contribution in [0.25, 0.3) is 5.65 Å². The number of aryl methyl sites for hydroxylation is 1. The Morgan fingerprint density at radius 3 is 2.48 bits per heavy atom. The van der Waals surface area contributed by atoms with Crippen molar-refractivity contribution in [2.45, 2.75) is 46.5 Å². The van der Waals surface area contributed by atoms with Gasteiger partial charge < -0.3 is 4.90 Å². The number of carbonyl (C=O) groups excluding carboxylic acids is 2. The van der Waals surface area contributed by atoms with Crippen molar-refractivity contribution < 1.29 is 9.59 Å². The summed E-state index contributed by atoms with van der Waals surface area (Å²) < 4.78 is 1.89. The first kappa shape index (κ1) is 17.5. The highest BCUT2D eigenvalue weighted by molar-refractivity contribution is 5.95. The van der Waals surface area contributed by atoms with Crippen LogP contribution in [-0.2, 0) is 11.2 Å². The minimum atomic E-state index is -0.0215. The second-order valence-electron chi connectivity index (χ2n) is 6.50. The van der Waals surface area contributed by atoms with Gasteiger partial charge in [-0.05, 0) is 44.7 Å². The number of aromatic nitrogens is 2. The molecule has 1 fully saturated rings. The number of likely N-dealkylation sites (tertiary alicyclic amines) is 1. The molecule has 0 N–H and O–H groups in total. The molecule has 0 aliphatic carbocycles. The molecule has 6 nitrogen and oxygen atoms in total. The van der Waals surface area contributed by atoms with Gasteiger partial charge in [0.15, 0.2) is 0 Å². The van der Waals surface area contributed by atoms with E-state index in [1.807, 2.05) is 41.5 Å². The summed E-state index contributed by atoms with van der Waals surface area (Å²) in [6.07, 6.45) is 5.89. The van der Waals surface area contributed by atoms with Crippen LogP contribution in [0.1, 0.15) is 56.1 Å². The molecule has 1 saturated heterocycles. The lowest BCUT2D eigenvalue weighted by Gasteiger charge is -2.27. The van der Waals surface area contributed by atoms with Gasteiger partial charge in [0.25, 0.3) is 5.91 Å². The number of pyridine rings is 1. The lowest BCUT2D eigenvalue weighted by atomic mass is 10.1. The summed E-state index contributed by atoms with van der Waals surface area (Å²) in [6, 6.07) is 3.71. The van der Waals surface area contributed by atoms with E-state index in [9.17, 15) is 9.59 Å². The number of rotatable bonds is 4. The van der Waals surface area contributed by atoms with Gasteiger partial charge in [-0.1, -0.05) is 6.92 Å². The largest absolute Gasteiger partial charge is 0.339 e. The van der Waals surface area contributed by atoms with Crippen molar-refractivity contribution in [2.24, 2.45) is 0 Å². The second-order valence-corrected chi connectivity index (χ2v) is 6.50. The van der Waals surface area contributed by atoms with Gasteiger partial charge in [-0.3, -0.25) is 18.9 Å². The van der Waals surface area contributed by atoms with Crippen LogP contribution >= 0.6 is 0 Å². The van der Waals surface area contributed by atoms with E-state index >= 15 is 0 Å². The molecular weight excluding hydrogens is 316 g/mol. The maximum Gasteiger partial charge on any atom is 0.255 e. The van der Waals surface area contributed by atoms with Gasteiger partial charge in [-0.25, -0.2) is 4.98 Å². The van der Waals surface area contributed by atoms with Crippen LogP contribution in [0.5, 0.6) is 0 Å². The molecule has 0 atom stereocenters. The van der Waals surface area contributed by atoms with Crippen molar-refractivity contribution in [2.75, 3.05) is 24.5 Å². The Balaban J connectivity index is 2.06. The maximum absolute atomic E-state index is 12.8. The molecule has 3 heterocycles. The third-order valence-electron chi connectivity index (χ3n) is 4.84. The Hall–Kier alpha value is -2.37. The molecule has 1 aliphatic heterocycles. The van der Waals surface area contributed by atoms with Crippen molar-refractivity contribution in [3.63, 3.8) is 0 Å². The third kappa shape index (κ3) is 3.25. The van der Waals surface area contributed by atoms with Crippen LogP contribution in [0.3, 0.4) is 0 Å². The van der Waals surface area contributed by atoms with Crippen molar-refractivity contribution in [3.05, 3.63) is 29.6 Å². The van der Waals surface area contributed by atoms with Crippen molar-refractivity contribution in [1.82, 2.24) is 14.3 Å². The molecule has 134 valence electrons. The molecule has 2 aromatic rings. The zero-order valence-electron chi connectivity index (χ0n) is 15.3. The fourth-order valence-electron chi connectivity index (χ4n) is 3.53. The van der Waals surface area contributed by atoms with Crippen LogP contribution in [0, 0.1) is 0 Å². The predicted molar refractivity (Wildman–Crippen MR) is 98.0 cm³/mol. The quantitative estimate of drug-likeness (QED) is 0.858. The van der Waals surface area contributed by atoms with Crippen molar-refractivity contribution >= 4 is 23.3 Å². The first-order chi connectivity index (χ1) is 12.1. The zero-order valence-corrected chi connectivity index (χ0v) is 15.3. The van der Waals surface area contributed by atoms with E-state index in [4.69, 9.17) is 0 Å². The highest BCUT2D eigenvalue weighted by Gasteiger charge is 2.22. The van der Waals surface area contributed by atoms with Gasteiger partial charge in [-0.15, -0.1) is 0 Å². The summed E-state index contributed by atoms with van der Waals surface area (Å²) in [6.45, 7) is 7.75. The zero-order chi connectivity index (χ0) is 18.0. The van der Waals surface area contributed by atoms with E-state index in [1.54, 1.807) is 11.8 Å². The van der Waals surface area contributed by atoms with E-state index in [0.29, 0.717) is 12.1 Å². The smallest absolute Gasteiger partial charge is 0.255 e. The number of imidazole rings is 1. The monoisotopic (exact) mass is 342 g/mol. The normalized spacial score (nSPS) is 14.8. The van der Waals surface area contributed by atoms with Gasteiger partial charge in [0, 0.05) is 32.8 Å². The molecule has 6 heteroatoms. The first-order valence-corrected chi connectivity index (χ1v) is 9.15. The summed E-state index contributed by atoms with van der Waals surface area (Å²) >= 11 is 0. The second kappa shape index (κ2) is 7.25. The molecule has 1 aliphatic rings. The highest BCUT2D eigenvalue weighted by Crippen LogP contribution is 2.25. The average molecular weight is 342 g/mol. The summed E-state index contributed by atoms with van der Waals surface area (Å²) in [5, 5.41) is 0. The highest BCUT2D eigenvalue weighted by atomic mass is 16.2. The molecule has 0 aromatic carbocycles. The fourth-order valence-corrected chi connectivity index (χ4v) is 3.53. The number of amides is 2. The molecule has 0 unspecified atom stereocenters. The molecule has 0 spiro atoms. The predicted octanol–water partition coefficient (Wildman–Crippen LogP) is 2.90. The molecule has 0 saturated carbocycles. The first-order valence-electron chi connectivity index (χ1n) is 9.15.